The second-order valence-electron chi connectivity index (χ2n) is 7.72. The molecule has 4 rings (SSSR count). The number of halogens is 3. The van der Waals surface area contributed by atoms with Gasteiger partial charge in [0.2, 0.25) is 0 Å². The predicted octanol–water partition coefficient (Wildman–Crippen LogP) is 3.66. The number of likely N-dealkylation sites (tertiary alicyclic amines) is 1. The molecule has 1 aromatic carbocycles. The summed E-state index contributed by atoms with van der Waals surface area (Å²) in [5.41, 5.74) is 2.68. The van der Waals surface area contributed by atoms with Crippen LogP contribution in [0.15, 0.2) is 24.3 Å². The van der Waals surface area contributed by atoms with Crippen molar-refractivity contribution in [1.29, 1.82) is 0 Å². The first kappa shape index (κ1) is 19.0. The van der Waals surface area contributed by atoms with Crippen LogP contribution in [-0.2, 0) is 12.6 Å². The number of nitrogens with zero attached hydrogens (tertiary/aromatic N) is 4. The number of anilines is 2. The molecule has 150 valence electrons. The molecule has 0 bridgehead atoms. The second kappa shape index (κ2) is 7.24. The summed E-state index contributed by atoms with van der Waals surface area (Å²) in [4.78, 5) is 4.41. The molecule has 0 unspecified atom stereocenters. The second-order valence-corrected chi connectivity index (χ2v) is 7.72. The third kappa shape index (κ3) is 3.65. The minimum atomic E-state index is -4.34. The van der Waals surface area contributed by atoms with E-state index in [0.717, 1.165) is 68.1 Å². The standard InChI is InChI=1S/C20H24F3N5/c1-27-10-3-4-15(12-27)24-19-16-9-11-28(2)18(16)17(25-26-19)13-5-7-14(8-6-13)20(21,22)23/h5-8,15H,3-4,9-12H2,1-2H3,(H,24,26)/t15-/m1/s1. The number of piperidine rings is 1. The van der Waals surface area contributed by atoms with E-state index in [1.165, 1.54) is 12.1 Å². The Bertz CT molecular complexity index is 850. The van der Waals surface area contributed by atoms with Crippen molar-refractivity contribution in [3.63, 3.8) is 0 Å². The minimum Gasteiger partial charge on any atom is -0.372 e. The average Bonchev–Trinajstić information content (AvgIpc) is 3.04. The molecule has 2 aliphatic rings. The Hall–Kier alpha value is -2.35. The highest BCUT2D eigenvalue weighted by Gasteiger charge is 2.31. The summed E-state index contributed by atoms with van der Waals surface area (Å²) in [5, 5.41) is 12.4. The van der Waals surface area contributed by atoms with E-state index in [2.05, 4.69) is 32.4 Å². The number of nitrogens with one attached hydrogen (secondary N) is 1. The van der Waals surface area contributed by atoms with Crippen LogP contribution >= 0.6 is 0 Å². The van der Waals surface area contributed by atoms with Crippen LogP contribution < -0.4 is 10.2 Å². The molecule has 0 saturated carbocycles. The van der Waals surface area contributed by atoms with Gasteiger partial charge in [-0.1, -0.05) is 12.1 Å². The number of fused-ring (bicyclic) bond motifs is 1. The predicted molar refractivity (Wildman–Crippen MR) is 104 cm³/mol. The average molecular weight is 391 g/mol. The van der Waals surface area contributed by atoms with Crippen molar-refractivity contribution in [3.05, 3.63) is 35.4 Å². The molecule has 1 N–H and O–H groups in total. The van der Waals surface area contributed by atoms with Gasteiger partial charge in [0.25, 0.3) is 0 Å². The van der Waals surface area contributed by atoms with E-state index in [1.807, 2.05) is 7.05 Å². The molecule has 1 aromatic heterocycles. The molecule has 2 aromatic rings. The van der Waals surface area contributed by atoms with Crippen LogP contribution in [0.1, 0.15) is 24.0 Å². The van der Waals surface area contributed by atoms with Crippen LogP contribution in [0.4, 0.5) is 24.7 Å². The molecular formula is C20H24F3N5. The monoisotopic (exact) mass is 391 g/mol. The summed E-state index contributed by atoms with van der Waals surface area (Å²) in [6.07, 6.45) is -1.26. The number of alkyl halides is 3. The van der Waals surface area contributed by atoms with Gasteiger partial charge in [-0.15, -0.1) is 10.2 Å². The van der Waals surface area contributed by atoms with Gasteiger partial charge in [0, 0.05) is 37.3 Å². The molecule has 28 heavy (non-hydrogen) atoms. The van der Waals surface area contributed by atoms with Crippen molar-refractivity contribution < 1.29 is 13.2 Å². The van der Waals surface area contributed by atoms with Gasteiger partial charge in [-0.05, 0) is 45.0 Å². The first-order valence-corrected chi connectivity index (χ1v) is 9.56. The summed E-state index contributed by atoms with van der Waals surface area (Å²) in [7, 11) is 4.10. The topological polar surface area (TPSA) is 44.3 Å². The van der Waals surface area contributed by atoms with Crippen LogP contribution in [0.5, 0.6) is 0 Å². The number of hydrogen-bond donors (Lipinski definition) is 1. The smallest absolute Gasteiger partial charge is 0.372 e. The molecule has 0 radical (unpaired) electrons. The first-order chi connectivity index (χ1) is 13.3. The highest BCUT2D eigenvalue weighted by atomic mass is 19.4. The van der Waals surface area contributed by atoms with E-state index in [0.29, 0.717) is 17.3 Å². The van der Waals surface area contributed by atoms with E-state index in [1.54, 1.807) is 0 Å². The van der Waals surface area contributed by atoms with E-state index in [9.17, 15) is 13.2 Å². The van der Waals surface area contributed by atoms with E-state index < -0.39 is 11.7 Å². The van der Waals surface area contributed by atoms with Crippen LogP contribution in [0, 0.1) is 0 Å². The Morgan fingerprint density at radius 2 is 1.82 bits per heavy atom. The number of rotatable bonds is 3. The molecule has 5 nitrogen and oxygen atoms in total. The Balaban J connectivity index is 1.66. The lowest BCUT2D eigenvalue weighted by Gasteiger charge is -2.31. The van der Waals surface area contributed by atoms with Gasteiger partial charge in [-0.25, -0.2) is 0 Å². The Morgan fingerprint density at radius 1 is 1.07 bits per heavy atom. The fourth-order valence-corrected chi connectivity index (χ4v) is 4.11. The third-order valence-corrected chi connectivity index (χ3v) is 5.58. The highest BCUT2D eigenvalue weighted by Crippen LogP contribution is 2.40. The number of aromatic nitrogens is 2. The molecule has 2 aliphatic heterocycles. The van der Waals surface area contributed by atoms with Crippen LogP contribution in [0.25, 0.3) is 11.3 Å². The number of likely N-dealkylation sites (N-methyl/N-ethyl adjacent to an activating group) is 2. The SMILES string of the molecule is CN1CCC[C@@H](Nc2nnc(-c3ccc(C(F)(F)F)cc3)c3c2CCN3C)C1. The largest absolute Gasteiger partial charge is 0.416 e. The summed E-state index contributed by atoms with van der Waals surface area (Å²) in [6, 6.07) is 5.48. The van der Waals surface area contributed by atoms with E-state index >= 15 is 0 Å². The molecule has 3 heterocycles. The van der Waals surface area contributed by atoms with Gasteiger partial charge >= 0.3 is 6.18 Å². The normalized spacial score (nSPS) is 20.3. The Kier molecular flexibility index (Phi) is 4.91. The van der Waals surface area contributed by atoms with Crippen molar-refractivity contribution >= 4 is 11.5 Å². The molecule has 1 atom stereocenters. The minimum absolute atomic E-state index is 0.333. The molecule has 8 heteroatoms. The van der Waals surface area contributed by atoms with Crippen molar-refractivity contribution in [3.8, 4) is 11.3 Å². The van der Waals surface area contributed by atoms with Gasteiger partial charge in [0.05, 0.1) is 11.3 Å². The molecular weight excluding hydrogens is 367 g/mol. The Labute approximate surface area is 162 Å². The maximum absolute atomic E-state index is 12.9. The molecule has 0 spiro atoms. The molecule has 1 fully saturated rings. The molecule has 1 saturated heterocycles. The zero-order valence-electron chi connectivity index (χ0n) is 16.1. The van der Waals surface area contributed by atoms with Gasteiger partial charge in [-0.2, -0.15) is 13.2 Å². The summed E-state index contributed by atoms with van der Waals surface area (Å²) >= 11 is 0. The zero-order chi connectivity index (χ0) is 19.9. The maximum atomic E-state index is 12.9. The van der Waals surface area contributed by atoms with E-state index in [4.69, 9.17) is 0 Å². The van der Waals surface area contributed by atoms with E-state index in [-0.39, 0.29) is 0 Å². The van der Waals surface area contributed by atoms with Crippen molar-refractivity contribution in [2.75, 3.05) is 43.9 Å². The van der Waals surface area contributed by atoms with Gasteiger partial charge in [0.1, 0.15) is 5.69 Å². The maximum Gasteiger partial charge on any atom is 0.416 e. The molecule has 0 aliphatic carbocycles. The fourth-order valence-electron chi connectivity index (χ4n) is 4.11. The van der Waals surface area contributed by atoms with Crippen LogP contribution in [0.2, 0.25) is 0 Å². The zero-order valence-corrected chi connectivity index (χ0v) is 16.1. The molecule has 0 amide bonds. The number of benzene rings is 1. The fraction of sp³-hybridized carbons (Fsp3) is 0.500. The third-order valence-electron chi connectivity index (χ3n) is 5.58. The van der Waals surface area contributed by atoms with Crippen LogP contribution in [0.3, 0.4) is 0 Å². The lowest BCUT2D eigenvalue weighted by atomic mass is 10.0. The van der Waals surface area contributed by atoms with Crippen molar-refractivity contribution in [2.45, 2.75) is 31.5 Å². The first-order valence-electron chi connectivity index (χ1n) is 9.56. The summed E-state index contributed by atoms with van der Waals surface area (Å²) < 4.78 is 38.6. The Morgan fingerprint density at radius 3 is 2.50 bits per heavy atom. The van der Waals surface area contributed by atoms with Gasteiger partial charge < -0.3 is 15.1 Å². The van der Waals surface area contributed by atoms with Crippen molar-refractivity contribution in [1.82, 2.24) is 15.1 Å². The quantitative estimate of drug-likeness (QED) is 0.865. The lowest BCUT2D eigenvalue weighted by molar-refractivity contribution is -0.137. The highest BCUT2D eigenvalue weighted by molar-refractivity contribution is 5.82. The lowest BCUT2D eigenvalue weighted by Crippen LogP contribution is -2.40. The van der Waals surface area contributed by atoms with Crippen LogP contribution in [-0.4, -0.2) is 54.9 Å². The van der Waals surface area contributed by atoms with Gasteiger partial charge in [0.15, 0.2) is 5.82 Å². The summed E-state index contributed by atoms with van der Waals surface area (Å²) in [6.45, 7) is 2.92. The summed E-state index contributed by atoms with van der Waals surface area (Å²) in [5.74, 6) is 0.801. The number of hydrogen-bond acceptors (Lipinski definition) is 5. The van der Waals surface area contributed by atoms with Gasteiger partial charge in [-0.3, -0.25) is 0 Å². The van der Waals surface area contributed by atoms with Crippen molar-refractivity contribution in [2.24, 2.45) is 0 Å².